The molecule has 0 aliphatic carbocycles. The van der Waals surface area contributed by atoms with Crippen molar-refractivity contribution in [2.24, 2.45) is 0 Å². The average molecular weight is 347 g/mol. The number of nitrogens with zero attached hydrogens (tertiary/aromatic N) is 3. The van der Waals surface area contributed by atoms with Crippen molar-refractivity contribution in [3.05, 3.63) is 60.4 Å². The van der Waals surface area contributed by atoms with E-state index in [4.69, 9.17) is 4.42 Å². The van der Waals surface area contributed by atoms with Crippen molar-refractivity contribution in [2.45, 2.75) is 0 Å². The number of oxazole rings is 1. The largest absolute Gasteiger partial charge is 0.444 e. The first-order valence-corrected chi connectivity index (χ1v) is 9.39. The van der Waals surface area contributed by atoms with E-state index >= 15 is 0 Å². The second kappa shape index (κ2) is 7.04. The molecule has 124 valence electrons. The number of anilines is 1. The summed E-state index contributed by atoms with van der Waals surface area (Å²) in [5, 5.41) is 9.23. The van der Waals surface area contributed by atoms with Gasteiger partial charge in [-0.25, -0.2) is 4.98 Å². The molecular weight excluding hydrogens is 330 g/mol. The molecule has 1 aliphatic heterocycles. The van der Waals surface area contributed by atoms with E-state index in [0.717, 1.165) is 29.9 Å². The fourth-order valence-electron chi connectivity index (χ4n) is 2.96. The first-order valence-electron chi connectivity index (χ1n) is 8.23. The number of hydrogen-bond donors (Lipinski definition) is 0. The van der Waals surface area contributed by atoms with Gasteiger partial charge in [0.2, 0.25) is 5.89 Å². The molecule has 0 amide bonds. The van der Waals surface area contributed by atoms with Gasteiger partial charge >= 0.3 is 0 Å². The molecule has 5 heteroatoms. The molecule has 0 spiro atoms. The standard InChI is InChI=1S/C20H17N3OS/c21-13-16-3-1-2-4-18(16)20-22-19(14-24-20)15-5-7-17(8-6-15)23-9-11-25-12-10-23/h1-8,14H,9-12H2. The average Bonchev–Trinajstić information content (AvgIpc) is 3.19. The Morgan fingerprint density at radius 3 is 2.56 bits per heavy atom. The Bertz CT molecular complexity index is 905. The fraction of sp³-hybridized carbons (Fsp3) is 0.200. The van der Waals surface area contributed by atoms with Crippen LogP contribution in [-0.2, 0) is 0 Å². The maximum atomic E-state index is 9.23. The highest BCUT2D eigenvalue weighted by Crippen LogP contribution is 2.28. The first-order chi connectivity index (χ1) is 12.3. The molecule has 1 aliphatic rings. The molecule has 1 saturated heterocycles. The molecule has 2 heterocycles. The summed E-state index contributed by atoms with van der Waals surface area (Å²) in [5.74, 6) is 2.85. The molecule has 0 bridgehead atoms. The molecule has 4 nitrogen and oxygen atoms in total. The summed E-state index contributed by atoms with van der Waals surface area (Å²) in [5.41, 5.74) is 4.33. The monoisotopic (exact) mass is 347 g/mol. The third kappa shape index (κ3) is 3.26. The summed E-state index contributed by atoms with van der Waals surface area (Å²) < 4.78 is 5.62. The van der Waals surface area contributed by atoms with Gasteiger partial charge in [-0.15, -0.1) is 0 Å². The molecular formula is C20H17N3OS. The lowest BCUT2D eigenvalue weighted by Crippen LogP contribution is -2.32. The molecule has 0 radical (unpaired) electrons. The fourth-order valence-corrected chi connectivity index (χ4v) is 3.86. The molecule has 4 rings (SSSR count). The van der Waals surface area contributed by atoms with E-state index in [1.165, 1.54) is 17.2 Å². The van der Waals surface area contributed by atoms with Gasteiger partial charge in [-0.3, -0.25) is 0 Å². The van der Waals surface area contributed by atoms with Crippen molar-refractivity contribution >= 4 is 17.4 Å². The van der Waals surface area contributed by atoms with Gasteiger partial charge in [0, 0.05) is 35.8 Å². The highest BCUT2D eigenvalue weighted by Gasteiger charge is 2.14. The Labute approximate surface area is 151 Å². The van der Waals surface area contributed by atoms with E-state index < -0.39 is 0 Å². The van der Waals surface area contributed by atoms with E-state index in [1.54, 1.807) is 12.3 Å². The number of thioether (sulfide) groups is 1. The van der Waals surface area contributed by atoms with E-state index in [9.17, 15) is 5.26 Å². The third-order valence-corrected chi connectivity index (χ3v) is 5.26. The predicted molar refractivity (Wildman–Crippen MR) is 102 cm³/mol. The normalized spacial score (nSPS) is 14.3. The lowest BCUT2D eigenvalue weighted by molar-refractivity contribution is 0.575. The maximum Gasteiger partial charge on any atom is 0.227 e. The molecule has 0 unspecified atom stereocenters. The zero-order valence-corrected chi connectivity index (χ0v) is 14.5. The first kappa shape index (κ1) is 15.8. The smallest absolute Gasteiger partial charge is 0.227 e. The number of rotatable bonds is 3. The van der Waals surface area contributed by atoms with Crippen LogP contribution in [0.5, 0.6) is 0 Å². The number of aromatic nitrogens is 1. The minimum atomic E-state index is 0.476. The van der Waals surface area contributed by atoms with Gasteiger partial charge < -0.3 is 9.32 Å². The molecule has 1 fully saturated rings. The van der Waals surface area contributed by atoms with Crippen molar-refractivity contribution in [3.8, 4) is 28.8 Å². The number of hydrogen-bond acceptors (Lipinski definition) is 5. The van der Waals surface area contributed by atoms with Crippen LogP contribution in [0, 0.1) is 11.3 Å². The molecule has 1 aromatic heterocycles. The van der Waals surface area contributed by atoms with Crippen molar-refractivity contribution in [1.82, 2.24) is 4.98 Å². The summed E-state index contributed by atoms with van der Waals surface area (Å²) >= 11 is 2.01. The van der Waals surface area contributed by atoms with Crippen molar-refractivity contribution in [3.63, 3.8) is 0 Å². The molecule has 0 N–H and O–H groups in total. The van der Waals surface area contributed by atoms with Crippen LogP contribution in [0.3, 0.4) is 0 Å². The highest BCUT2D eigenvalue weighted by molar-refractivity contribution is 7.99. The zero-order valence-electron chi connectivity index (χ0n) is 13.7. The van der Waals surface area contributed by atoms with Crippen molar-refractivity contribution in [2.75, 3.05) is 29.5 Å². The van der Waals surface area contributed by atoms with Crippen LogP contribution in [0.1, 0.15) is 5.56 Å². The Balaban J connectivity index is 1.59. The van der Waals surface area contributed by atoms with Crippen LogP contribution < -0.4 is 4.90 Å². The number of nitriles is 1. The van der Waals surface area contributed by atoms with Crippen LogP contribution in [0.2, 0.25) is 0 Å². The van der Waals surface area contributed by atoms with Gasteiger partial charge in [0.05, 0.1) is 17.2 Å². The Hall–Kier alpha value is -2.71. The van der Waals surface area contributed by atoms with Gasteiger partial charge in [-0.1, -0.05) is 24.3 Å². The summed E-state index contributed by atoms with van der Waals surface area (Å²) in [6, 6.07) is 18.0. The van der Waals surface area contributed by atoms with Gasteiger partial charge in [0.15, 0.2) is 0 Å². The van der Waals surface area contributed by atoms with Crippen LogP contribution in [0.4, 0.5) is 5.69 Å². The summed E-state index contributed by atoms with van der Waals surface area (Å²) in [6.45, 7) is 2.20. The topological polar surface area (TPSA) is 53.1 Å². The summed E-state index contributed by atoms with van der Waals surface area (Å²) in [7, 11) is 0. The summed E-state index contributed by atoms with van der Waals surface area (Å²) in [6.07, 6.45) is 1.65. The SMILES string of the molecule is N#Cc1ccccc1-c1nc(-c2ccc(N3CCSCC3)cc2)co1. The van der Waals surface area contributed by atoms with Crippen LogP contribution in [-0.4, -0.2) is 29.6 Å². The quantitative estimate of drug-likeness (QED) is 0.701. The van der Waals surface area contributed by atoms with Gasteiger partial charge in [0.1, 0.15) is 12.0 Å². The van der Waals surface area contributed by atoms with Crippen LogP contribution >= 0.6 is 11.8 Å². The van der Waals surface area contributed by atoms with Gasteiger partial charge in [0.25, 0.3) is 0 Å². The second-order valence-electron chi connectivity index (χ2n) is 5.84. The van der Waals surface area contributed by atoms with Gasteiger partial charge in [-0.05, 0) is 24.3 Å². The molecule has 0 atom stereocenters. The van der Waals surface area contributed by atoms with Crippen molar-refractivity contribution in [1.29, 1.82) is 5.26 Å². The van der Waals surface area contributed by atoms with E-state index in [-0.39, 0.29) is 0 Å². The second-order valence-corrected chi connectivity index (χ2v) is 7.07. The zero-order chi connectivity index (χ0) is 17.1. The maximum absolute atomic E-state index is 9.23. The van der Waals surface area contributed by atoms with Crippen LogP contribution in [0.25, 0.3) is 22.7 Å². The number of benzene rings is 2. The van der Waals surface area contributed by atoms with E-state index in [2.05, 4.69) is 40.2 Å². The minimum absolute atomic E-state index is 0.476. The Morgan fingerprint density at radius 2 is 1.80 bits per heavy atom. The Kier molecular flexibility index (Phi) is 4.45. The highest BCUT2D eigenvalue weighted by atomic mass is 32.2. The van der Waals surface area contributed by atoms with Crippen LogP contribution in [0.15, 0.2) is 59.2 Å². The lowest BCUT2D eigenvalue weighted by Gasteiger charge is -2.28. The molecule has 0 saturated carbocycles. The third-order valence-electron chi connectivity index (χ3n) is 4.32. The van der Waals surface area contributed by atoms with Gasteiger partial charge in [-0.2, -0.15) is 17.0 Å². The lowest BCUT2D eigenvalue weighted by atomic mass is 10.1. The minimum Gasteiger partial charge on any atom is -0.444 e. The Morgan fingerprint density at radius 1 is 1.04 bits per heavy atom. The van der Waals surface area contributed by atoms with Crippen molar-refractivity contribution < 1.29 is 4.42 Å². The summed E-state index contributed by atoms with van der Waals surface area (Å²) in [4.78, 5) is 6.98. The molecule has 25 heavy (non-hydrogen) atoms. The predicted octanol–water partition coefficient (Wildman–Crippen LogP) is 4.43. The molecule has 2 aromatic carbocycles. The van der Waals surface area contributed by atoms with E-state index in [0.29, 0.717) is 11.5 Å². The molecule has 3 aromatic rings. The van der Waals surface area contributed by atoms with E-state index in [1.807, 2.05) is 30.0 Å².